The second-order valence-electron chi connectivity index (χ2n) is 5.41. The Bertz CT molecular complexity index is 828. The van der Waals surface area contributed by atoms with Gasteiger partial charge >= 0.3 is 0 Å². The maximum atomic E-state index is 13.8. The van der Waals surface area contributed by atoms with Crippen LogP contribution in [0.5, 0.6) is 0 Å². The van der Waals surface area contributed by atoms with E-state index in [-0.39, 0.29) is 29.3 Å². The molecule has 1 aromatic heterocycles. The smallest absolute Gasteiger partial charge is 0.264 e. The van der Waals surface area contributed by atoms with Gasteiger partial charge < -0.3 is 4.90 Å². The van der Waals surface area contributed by atoms with Gasteiger partial charge in [-0.2, -0.15) is 0 Å². The van der Waals surface area contributed by atoms with Crippen molar-refractivity contribution in [3.63, 3.8) is 0 Å². The summed E-state index contributed by atoms with van der Waals surface area (Å²) in [6.45, 7) is 2.27. The fourth-order valence-corrected chi connectivity index (χ4v) is 5.62. The average molecular weight is 341 g/mol. The third-order valence-corrected chi connectivity index (χ3v) is 6.81. The fourth-order valence-electron chi connectivity index (χ4n) is 2.86. The molecule has 7 heteroatoms. The van der Waals surface area contributed by atoms with Crippen LogP contribution in [0.1, 0.15) is 23.0 Å². The number of halogens is 1. The maximum Gasteiger partial charge on any atom is 0.264 e. The fraction of sp³-hybridized carbons (Fsp3) is 0.400. The molecule has 4 nitrogen and oxygen atoms in total. The van der Waals surface area contributed by atoms with E-state index in [0.717, 1.165) is 4.70 Å². The summed E-state index contributed by atoms with van der Waals surface area (Å²) in [5.41, 5.74) is 0. The van der Waals surface area contributed by atoms with Crippen molar-refractivity contribution in [2.45, 2.75) is 19.4 Å². The maximum absolute atomic E-state index is 13.8. The van der Waals surface area contributed by atoms with E-state index >= 15 is 0 Å². The second kappa shape index (κ2) is 5.62. The van der Waals surface area contributed by atoms with Crippen LogP contribution in [0.4, 0.5) is 4.39 Å². The number of thiophene rings is 1. The molecule has 1 aliphatic heterocycles. The standard InChI is InChI=1S/C15H16FNO3S2/c1-2-17(10-6-7-22(19,20)9-10)15(18)14-8-11-12(16)4-3-5-13(11)21-14/h3-5,8,10H,2,6-7,9H2,1H3. The van der Waals surface area contributed by atoms with E-state index in [9.17, 15) is 17.6 Å². The van der Waals surface area contributed by atoms with Gasteiger partial charge in [0.05, 0.1) is 16.4 Å². The van der Waals surface area contributed by atoms with Crippen molar-refractivity contribution in [2.75, 3.05) is 18.1 Å². The molecule has 1 saturated heterocycles. The minimum atomic E-state index is -3.05. The minimum absolute atomic E-state index is 0.0197. The molecule has 1 unspecified atom stereocenters. The molecule has 1 aliphatic rings. The Balaban J connectivity index is 1.92. The Labute approximate surface area is 132 Å². The number of carbonyl (C=O) groups excluding carboxylic acids is 1. The normalized spacial score (nSPS) is 20.4. The van der Waals surface area contributed by atoms with Crippen molar-refractivity contribution in [1.29, 1.82) is 0 Å². The molecule has 3 rings (SSSR count). The SMILES string of the molecule is CCN(C(=O)c1cc2c(F)cccc2s1)C1CCS(=O)(=O)C1. The van der Waals surface area contributed by atoms with Gasteiger partial charge in [-0.25, -0.2) is 12.8 Å². The third-order valence-electron chi connectivity index (χ3n) is 3.97. The lowest BCUT2D eigenvalue weighted by Gasteiger charge is -2.26. The van der Waals surface area contributed by atoms with E-state index in [1.54, 1.807) is 23.1 Å². The van der Waals surface area contributed by atoms with Crippen LogP contribution in [0.15, 0.2) is 24.3 Å². The molecule has 2 aromatic rings. The summed E-state index contributed by atoms with van der Waals surface area (Å²) in [6, 6.07) is 6.03. The number of benzene rings is 1. The van der Waals surface area contributed by atoms with Gasteiger partial charge in [0, 0.05) is 22.7 Å². The van der Waals surface area contributed by atoms with E-state index < -0.39 is 9.84 Å². The van der Waals surface area contributed by atoms with Gasteiger partial charge in [0.2, 0.25) is 0 Å². The predicted octanol–water partition coefficient (Wildman–Crippen LogP) is 2.69. The van der Waals surface area contributed by atoms with Gasteiger partial charge in [-0.05, 0) is 31.5 Å². The predicted molar refractivity (Wildman–Crippen MR) is 85.6 cm³/mol. The molecule has 2 heterocycles. The summed E-state index contributed by atoms with van der Waals surface area (Å²) in [6.07, 6.45) is 0.473. The van der Waals surface area contributed by atoms with Crippen molar-refractivity contribution in [2.24, 2.45) is 0 Å². The zero-order valence-electron chi connectivity index (χ0n) is 12.1. The van der Waals surface area contributed by atoms with Crippen molar-refractivity contribution in [3.8, 4) is 0 Å². The second-order valence-corrected chi connectivity index (χ2v) is 8.72. The Kier molecular flexibility index (Phi) is 3.94. The lowest BCUT2D eigenvalue weighted by atomic mass is 10.2. The minimum Gasteiger partial charge on any atom is -0.334 e. The first-order valence-corrected chi connectivity index (χ1v) is 9.74. The van der Waals surface area contributed by atoms with Crippen LogP contribution >= 0.6 is 11.3 Å². The van der Waals surface area contributed by atoms with Crippen LogP contribution < -0.4 is 0 Å². The van der Waals surface area contributed by atoms with Gasteiger partial charge in [0.1, 0.15) is 5.82 Å². The summed E-state index contributed by atoms with van der Waals surface area (Å²) >= 11 is 1.24. The highest BCUT2D eigenvalue weighted by Crippen LogP contribution is 2.29. The molecule has 0 N–H and O–H groups in total. The van der Waals surface area contributed by atoms with Crippen molar-refractivity contribution < 1.29 is 17.6 Å². The van der Waals surface area contributed by atoms with Crippen LogP contribution in [-0.2, 0) is 9.84 Å². The van der Waals surface area contributed by atoms with Crippen LogP contribution in [0.2, 0.25) is 0 Å². The summed E-state index contributed by atoms with van der Waals surface area (Å²) in [5.74, 6) is -0.418. The molecular weight excluding hydrogens is 325 g/mol. The molecule has 0 radical (unpaired) electrons. The van der Waals surface area contributed by atoms with E-state index in [4.69, 9.17) is 0 Å². The molecule has 118 valence electrons. The summed E-state index contributed by atoms with van der Waals surface area (Å²) in [5, 5.41) is 0.436. The number of carbonyl (C=O) groups is 1. The number of amides is 1. The van der Waals surface area contributed by atoms with Crippen LogP contribution in [0.25, 0.3) is 10.1 Å². The zero-order valence-corrected chi connectivity index (χ0v) is 13.7. The Morgan fingerprint density at radius 2 is 2.23 bits per heavy atom. The number of nitrogens with zero attached hydrogens (tertiary/aromatic N) is 1. The Hall–Kier alpha value is -1.47. The van der Waals surface area contributed by atoms with Crippen molar-refractivity contribution in [3.05, 3.63) is 35.0 Å². The van der Waals surface area contributed by atoms with Gasteiger partial charge in [-0.3, -0.25) is 4.79 Å². The molecule has 1 aromatic carbocycles. The molecule has 1 atom stereocenters. The highest BCUT2D eigenvalue weighted by molar-refractivity contribution is 7.91. The molecule has 0 saturated carbocycles. The van der Waals surface area contributed by atoms with Gasteiger partial charge in [-0.1, -0.05) is 6.07 Å². The highest BCUT2D eigenvalue weighted by Gasteiger charge is 2.34. The molecule has 1 amide bonds. The van der Waals surface area contributed by atoms with E-state index in [1.165, 1.54) is 17.4 Å². The number of hydrogen-bond donors (Lipinski definition) is 0. The first-order chi connectivity index (χ1) is 10.4. The molecule has 1 fully saturated rings. The van der Waals surface area contributed by atoms with Crippen molar-refractivity contribution >= 4 is 37.2 Å². The quantitative estimate of drug-likeness (QED) is 0.862. The first kappa shape index (κ1) is 15.4. The third kappa shape index (κ3) is 2.75. The number of hydrogen-bond acceptors (Lipinski definition) is 4. The van der Waals surface area contributed by atoms with Gasteiger partial charge in [0.15, 0.2) is 9.84 Å². The summed E-state index contributed by atoms with van der Waals surface area (Å²) < 4.78 is 37.7. The summed E-state index contributed by atoms with van der Waals surface area (Å²) in [4.78, 5) is 14.7. The monoisotopic (exact) mass is 341 g/mol. The molecule has 22 heavy (non-hydrogen) atoms. The lowest BCUT2D eigenvalue weighted by molar-refractivity contribution is 0.0713. The molecule has 0 bridgehead atoms. The average Bonchev–Trinajstić information content (AvgIpc) is 3.04. The topological polar surface area (TPSA) is 54.5 Å². The van der Waals surface area contributed by atoms with E-state index in [2.05, 4.69) is 0 Å². The highest BCUT2D eigenvalue weighted by atomic mass is 32.2. The first-order valence-electron chi connectivity index (χ1n) is 7.11. The molecular formula is C15H16FNO3S2. The number of rotatable bonds is 3. The van der Waals surface area contributed by atoms with Crippen LogP contribution in [0, 0.1) is 5.82 Å². The number of sulfone groups is 1. The van der Waals surface area contributed by atoms with Gasteiger partial charge in [0.25, 0.3) is 5.91 Å². The Morgan fingerprint density at radius 3 is 2.82 bits per heavy atom. The van der Waals surface area contributed by atoms with Crippen LogP contribution in [0.3, 0.4) is 0 Å². The van der Waals surface area contributed by atoms with E-state index in [1.807, 2.05) is 6.92 Å². The summed E-state index contributed by atoms with van der Waals surface area (Å²) in [7, 11) is -3.05. The Morgan fingerprint density at radius 1 is 1.45 bits per heavy atom. The lowest BCUT2D eigenvalue weighted by Crippen LogP contribution is -2.40. The van der Waals surface area contributed by atoms with E-state index in [0.29, 0.717) is 23.2 Å². The number of fused-ring (bicyclic) bond motifs is 1. The molecule has 0 spiro atoms. The van der Waals surface area contributed by atoms with Gasteiger partial charge in [-0.15, -0.1) is 11.3 Å². The zero-order chi connectivity index (χ0) is 15.9. The largest absolute Gasteiger partial charge is 0.334 e. The van der Waals surface area contributed by atoms with Crippen molar-refractivity contribution in [1.82, 2.24) is 4.90 Å². The van der Waals surface area contributed by atoms with Crippen LogP contribution in [-0.4, -0.2) is 43.3 Å². The molecule has 0 aliphatic carbocycles.